The third-order valence-electron chi connectivity index (χ3n) is 2.45. The molecule has 0 heterocycles. The van der Waals surface area contributed by atoms with E-state index in [1.54, 1.807) is 0 Å². The summed E-state index contributed by atoms with van der Waals surface area (Å²) in [5, 5.41) is 2.84. The van der Waals surface area contributed by atoms with Crippen molar-refractivity contribution in [1.29, 1.82) is 0 Å². The van der Waals surface area contributed by atoms with Gasteiger partial charge < -0.3 is 0 Å². The van der Waals surface area contributed by atoms with E-state index in [0.29, 0.717) is 0 Å². The highest BCUT2D eigenvalue weighted by atomic mass is 79.9. The van der Waals surface area contributed by atoms with Gasteiger partial charge in [0.1, 0.15) is 0 Å². The first-order valence-corrected chi connectivity index (χ1v) is 6.93. The molecule has 2 aromatic carbocycles. The SMILES string of the molecule is Br.C=CCP(c1ccccc1)c1ccccc1. The average molecular weight is 307 g/mol. The Kier molecular flexibility index (Phi) is 6.18. The Balaban J connectivity index is 0.00000144. The van der Waals surface area contributed by atoms with E-state index in [2.05, 4.69) is 67.2 Å². The van der Waals surface area contributed by atoms with Crippen LogP contribution < -0.4 is 10.6 Å². The molecule has 0 aliphatic heterocycles. The van der Waals surface area contributed by atoms with Gasteiger partial charge in [-0.25, -0.2) is 0 Å². The quantitative estimate of drug-likeness (QED) is 0.594. The van der Waals surface area contributed by atoms with Gasteiger partial charge in [0.05, 0.1) is 0 Å². The predicted octanol–water partition coefficient (Wildman–Crippen LogP) is 3.88. The number of benzene rings is 2. The molecule has 2 rings (SSSR count). The molecule has 0 amide bonds. The van der Waals surface area contributed by atoms with Crippen LogP contribution in [0.5, 0.6) is 0 Å². The summed E-state index contributed by atoms with van der Waals surface area (Å²) in [6.45, 7) is 3.87. The third kappa shape index (κ3) is 3.80. The first kappa shape index (κ1) is 14.2. The molecule has 0 spiro atoms. The van der Waals surface area contributed by atoms with Gasteiger partial charge in [0.15, 0.2) is 0 Å². The van der Waals surface area contributed by atoms with Crippen LogP contribution in [0.2, 0.25) is 0 Å². The molecule has 0 unspecified atom stereocenters. The maximum Gasteiger partial charge on any atom is -0.00669 e. The monoisotopic (exact) mass is 306 g/mol. The van der Waals surface area contributed by atoms with Crippen LogP contribution in [-0.4, -0.2) is 6.16 Å². The normalized spacial score (nSPS) is 9.71. The van der Waals surface area contributed by atoms with Crippen LogP contribution in [0.3, 0.4) is 0 Å². The van der Waals surface area contributed by atoms with Gasteiger partial charge in [-0.3, -0.25) is 0 Å². The van der Waals surface area contributed by atoms with Gasteiger partial charge in [0.2, 0.25) is 0 Å². The molecular formula is C15H16BrP. The van der Waals surface area contributed by atoms with Crippen molar-refractivity contribution in [1.82, 2.24) is 0 Å². The third-order valence-corrected chi connectivity index (χ3v) is 4.91. The Morgan fingerprint density at radius 2 is 1.24 bits per heavy atom. The lowest BCUT2D eigenvalue weighted by atomic mass is 10.4. The fourth-order valence-electron chi connectivity index (χ4n) is 1.70. The van der Waals surface area contributed by atoms with E-state index in [0.717, 1.165) is 6.16 Å². The molecule has 2 aromatic rings. The summed E-state index contributed by atoms with van der Waals surface area (Å²) in [7, 11) is -0.269. The number of hydrogen-bond acceptors (Lipinski definition) is 0. The second kappa shape index (κ2) is 7.42. The van der Waals surface area contributed by atoms with Crippen molar-refractivity contribution >= 4 is 35.5 Å². The summed E-state index contributed by atoms with van der Waals surface area (Å²) < 4.78 is 0. The zero-order chi connectivity index (χ0) is 11.2. The lowest BCUT2D eigenvalue weighted by Gasteiger charge is -2.16. The van der Waals surface area contributed by atoms with Gasteiger partial charge in [-0.05, 0) is 24.7 Å². The lowest BCUT2D eigenvalue weighted by Crippen LogP contribution is -2.12. The van der Waals surface area contributed by atoms with E-state index < -0.39 is 0 Å². The van der Waals surface area contributed by atoms with E-state index in [4.69, 9.17) is 0 Å². The number of halogens is 1. The Hall–Kier alpha value is -0.910. The summed E-state index contributed by atoms with van der Waals surface area (Å²) in [5.41, 5.74) is 0. The van der Waals surface area contributed by atoms with Crippen LogP contribution in [-0.2, 0) is 0 Å². The van der Waals surface area contributed by atoms with E-state index in [-0.39, 0.29) is 24.9 Å². The highest BCUT2D eigenvalue weighted by Crippen LogP contribution is 2.32. The van der Waals surface area contributed by atoms with Gasteiger partial charge >= 0.3 is 0 Å². The van der Waals surface area contributed by atoms with Crippen LogP contribution in [0, 0.1) is 0 Å². The zero-order valence-electron chi connectivity index (χ0n) is 9.62. The maximum absolute atomic E-state index is 3.87. The smallest absolute Gasteiger partial charge is 0.00669 e. The Morgan fingerprint density at radius 1 is 0.824 bits per heavy atom. The van der Waals surface area contributed by atoms with Gasteiger partial charge in [-0.2, -0.15) is 0 Å². The van der Waals surface area contributed by atoms with Crippen molar-refractivity contribution in [2.45, 2.75) is 0 Å². The minimum atomic E-state index is -0.269. The van der Waals surface area contributed by atoms with E-state index in [9.17, 15) is 0 Å². The van der Waals surface area contributed by atoms with E-state index in [1.165, 1.54) is 10.6 Å². The summed E-state index contributed by atoms with van der Waals surface area (Å²) >= 11 is 0. The summed E-state index contributed by atoms with van der Waals surface area (Å²) in [6, 6.07) is 21.4. The van der Waals surface area contributed by atoms with Gasteiger partial charge in [-0.1, -0.05) is 66.7 Å². The molecule has 0 aliphatic carbocycles. The minimum absolute atomic E-state index is 0. The van der Waals surface area contributed by atoms with Crippen LogP contribution in [0.25, 0.3) is 0 Å². The van der Waals surface area contributed by atoms with Crippen molar-refractivity contribution < 1.29 is 0 Å². The van der Waals surface area contributed by atoms with Crippen LogP contribution >= 0.6 is 24.9 Å². The molecule has 0 N–H and O–H groups in total. The van der Waals surface area contributed by atoms with E-state index >= 15 is 0 Å². The molecule has 17 heavy (non-hydrogen) atoms. The molecule has 0 bridgehead atoms. The fourth-order valence-corrected chi connectivity index (χ4v) is 3.75. The molecule has 88 valence electrons. The summed E-state index contributed by atoms with van der Waals surface area (Å²) in [5.74, 6) is 0. The second-order valence-corrected chi connectivity index (χ2v) is 5.82. The largest absolute Gasteiger partial charge is 0.114 e. The Bertz CT molecular complexity index is 399. The van der Waals surface area contributed by atoms with Gasteiger partial charge in [0, 0.05) is 0 Å². The first-order valence-electron chi connectivity index (χ1n) is 5.40. The molecule has 2 heteroatoms. The molecular weight excluding hydrogens is 291 g/mol. The fraction of sp³-hybridized carbons (Fsp3) is 0.0667. The van der Waals surface area contributed by atoms with Crippen molar-refractivity contribution in [3.05, 3.63) is 73.3 Å². The van der Waals surface area contributed by atoms with Crippen molar-refractivity contribution in [2.75, 3.05) is 6.16 Å². The number of hydrogen-bond donors (Lipinski definition) is 0. The van der Waals surface area contributed by atoms with Crippen LogP contribution in [0.15, 0.2) is 73.3 Å². The van der Waals surface area contributed by atoms with Crippen molar-refractivity contribution in [2.24, 2.45) is 0 Å². The highest BCUT2D eigenvalue weighted by molar-refractivity contribution is 8.93. The van der Waals surface area contributed by atoms with Crippen LogP contribution in [0.4, 0.5) is 0 Å². The predicted molar refractivity (Wildman–Crippen MR) is 84.5 cm³/mol. The second-order valence-electron chi connectivity index (χ2n) is 3.57. The molecule has 0 aromatic heterocycles. The first-order chi connectivity index (χ1) is 7.92. The molecule has 0 radical (unpaired) electrons. The number of rotatable bonds is 4. The van der Waals surface area contributed by atoms with Gasteiger partial charge in [-0.15, -0.1) is 23.6 Å². The standard InChI is InChI=1S/C15H15P.BrH/c1-2-13-16(14-9-5-3-6-10-14)15-11-7-4-8-12-15;/h2-12H,1,13H2;1H. The minimum Gasteiger partial charge on any atom is -0.114 e. The summed E-state index contributed by atoms with van der Waals surface area (Å²) in [6.07, 6.45) is 3.06. The molecule has 0 saturated heterocycles. The molecule has 0 aliphatic rings. The lowest BCUT2D eigenvalue weighted by molar-refractivity contribution is 1.71. The Morgan fingerprint density at radius 3 is 1.59 bits per heavy atom. The Labute approximate surface area is 115 Å². The average Bonchev–Trinajstić information content (AvgIpc) is 2.38. The zero-order valence-corrected chi connectivity index (χ0v) is 12.2. The van der Waals surface area contributed by atoms with Crippen LogP contribution in [0.1, 0.15) is 0 Å². The van der Waals surface area contributed by atoms with Gasteiger partial charge in [0.25, 0.3) is 0 Å². The molecule has 0 fully saturated rings. The number of allylic oxidation sites excluding steroid dienone is 1. The molecule has 0 saturated carbocycles. The molecule has 0 atom stereocenters. The highest BCUT2D eigenvalue weighted by Gasteiger charge is 2.10. The maximum atomic E-state index is 3.87. The van der Waals surface area contributed by atoms with Crippen molar-refractivity contribution in [3.8, 4) is 0 Å². The topological polar surface area (TPSA) is 0 Å². The molecule has 0 nitrogen and oxygen atoms in total. The van der Waals surface area contributed by atoms with E-state index in [1.807, 2.05) is 6.08 Å². The summed E-state index contributed by atoms with van der Waals surface area (Å²) in [4.78, 5) is 0. The van der Waals surface area contributed by atoms with Crippen molar-refractivity contribution in [3.63, 3.8) is 0 Å².